The molecule has 26 heavy (non-hydrogen) atoms. The molecule has 3 nitrogen and oxygen atoms in total. The highest BCUT2D eigenvalue weighted by molar-refractivity contribution is 7.16. The van der Waals surface area contributed by atoms with E-state index in [1.165, 1.54) is 48.2 Å². The molecule has 0 amide bonds. The molecule has 136 valence electrons. The molecule has 2 aromatic heterocycles. The van der Waals surface area contributed by atoms with E-state index in [0.717, 1.165) is 22.8 Å². The second-order valence-electron chi connectivity index (χ2n) is 7.72. The van der Waals surface area contributed by atoms with Crippen LogP contribution in [-0.4, -0.2) is 28.0 Å². The Morgan fingerprint density at radius 1 is 1.19 bits per heavy atom. The van der Waals surface area contributed by atoms with Crippen molar-refractivity contribution in [3.63, 3.8) is 0 Å². The van der Waals surface area contributed by atoms with Crippen LogP contribution in [0.25, 0.3) is 10.2 Å². The number of pyridine rings is 1. The van der Waals surface area contributed by atoms with Crippen LogP contribution in [0.3, 0.4) is 0 Å². The second-order valence-corrected chi connectivity index (χ2v) is 8.61. The molecule has 0 spiro atoms. The zero-order valence-electron chi connectivity index (χ0n) is 15.9. The third kappa shape index (κ3) is 3.81. The highest BCUT2D eigenvalue weighted by Crippen LogP contribution is 2.30. The first-order valence-electron chi connectivity index (χ1n) is 9.60. The number of nitrogens with zero attached hydrogens (tertiary/aromatic N) is 3. The van der Waals surface area contributed by atoms with Crippen LogP contribution in [0.5, 0.6) is 0 Å². The van der Waals surface area contributed by atoms with Gasteiger partial charge in [-0.25, -0.2) is 4.98 Å². The van der Waals surface area contributed by atoms with Gasteiger partial charge in [-0.05, 0) is 87.9 Å². The van der Waals surface area contributed by atoms with Crippen molar-refractivity contribution in [2.75, 3.05) is 13.1 Å². The van der Waals surface area contributed by atoms with E-state index in [1.54, 1.807) is 11.3 Å². The molecule has 1 aliphatic heterocycles. The van der Waals surface area contributed by atoms with Crippen molar-refractivity contribution < 1.29 is 0 Å². The fourth-order valence-electron chi connectivity index (χ4n) is 4.33. The van der Waals surface area contributed by atoms with Gasteiger partial charge in [0.1, 0.15) is 0 Å². The van der Waals surface area contributed by atoms with Crippen molar-refractivity contribution >= 4 is 21.6 Å². The summed E-state index contributed by atoms with van der Waals surface area (Å²) in [5, 5.41) is 0. The monoisotopic (exact) mass is 365 g/mol. The second kappa shape index (κ2) is 7.45. The molecule has 3 aromatic rings. The number of piperidine rings is 1. The summed E-state index contributed by atoms with van der Waals surface area (Å²) in [6.07, 6.45) is 3.78. The molecule has 2 unspecified atom stereocenters. The number of rotatable bonds is 4. The summed E-state index contributed by atoms with van der Waals surface area (Å²) in [6, 6.07) is 11.7. The Bertz CT molecular complexity index is 881. The molecular weight excluding hydrogens is 338 g/mol. The number of likely N-dealkylation sites (tertiary alicyclic amines) is 1. The molecule has 1 aromatic carbocycles. The van der Waals surface area contributed by atoms with E-state index in [1.807, 2.05) is 5.51 Å². The Hall–Kier alpha value is -1.78. The Morgan fingerprint density at radius 3 is 2.81 bits per heavy atom. The first-order valence-corrected chi connectivity index (χ1v) is 10.5. The summed E-state index contributed by atoms with van der Waals surface area (Å²) in [6.45, 7) is 8.91. The largest absolute Gasteiger partial charge is 0.296 e. The zero-order valence-corrected chi connectivity index (χ0v) is 16.7. The quantitative estimate of drug-likeness (QED) is 0.626. The lowest BCUT2D eigenvalue weighted by Crippen LogP contribution is -2.38. The SMILES string of the molecule is Cc1cc(CC2CCCN(C(C)c3ccc4scnc4c3)C2)cc(C)n1. The van der Waals surface area contributed by atoms with Crippen LogP contribution in [0.4, 0.5) is 0 Å². The van der Waals surface area contributed by atoms with Crippen molar-refractivity contribution in [1.82, 2.24) is 14.9 Å². The lowest BCUT2D eigenvalue weighted by molar-refractivity contribution is 0.131. The third-order valence-corrected chi connectivity index (χ3v) is 6.41. The van der Waals surface area contributed by atoms with Gasteiger partial charge in [0.05, 0.1) is 15.7 Å². The summed E-state index contributed by atoms with van der Waals surface area (Å²) in [7, 11) is 0. The number of thiazole rings is 1. The van der Waals surface area contributed by atoms with E-state index >= 15 is 0 Å². The Morgan fingerprint density at radius 2 is 2.00 bits per heavy atom. The van der Waals surface area contributed by atoms with Gasteiger partial charge in [-0.2, -0.15) is 0 Å². The molecule has 1 fully saturated rings. The van der Waals surface area contributed by atoms with Gasteiger partial charge < -0.3 is 0 Å². The van der Waals surface area contributed by atoms with Gasteiger partial charge in [0.15, 0.2) is 0 Å². The minimum absolute atomic E-state index is 0.449. The Kier molecular flexibility index (Phi) is 5.05. The van der Waals surface area contributed by atoms with Crippen LogP contribution in [0, 0.1) is 19.8 Å². The van der Waals surface area contributed by atoms with Crippen molar-refractivity contribution in [2.24, 2.45) is 5.92 Å². The molecule has 0 radical (unpaired) electrons. The predicted molar refractivity (Wildman–Crippen MR) is 110 cm³/mol. The molecule has 2 atom stereocenters. The van der Waals surface area contributed by atoms with E-state index in [4.69, 9.17) is 0 Å². The standard InChI is InChI=1S/C22H27N3S/c1-15-9-19(10-16(2)24-15)11-18-5-4-8-25(13-18)17(3)20-6-7-22-21(12-20)23-14-26-22/h6-7,9-10,12,14,17-18H,4-5,8,11,13H2,1-3H3. The van der Waals surface area contributed by atoms with Crippen molar-refractivity contribution in [3.8, 4) is 0 Å². The number of aromatic nitrogens is 2. The average Bonchev–Trinajstić information content (AvgIpc) is 3.08. The Balaban J connectivity index is 1.47. The highest BCUT2D eigenvalue weighted by atomic mass is 32.1. The van der Waals surface area contributed by atoms with Gasteiger partial charge in [-0.3, -0.25) is 9.88 Å². The molecule has 0 aliphatic carbocycles. The van der Waals surface area contributed by atoms with Crippen LogP contribution in [0.1, 0.15) is 48.3 Å². The summed E-state index contributed by atoms with van der Waals surface area (Å²) >= 11 is 1.72. The van der Waals surface area contributed by atoms with Gasteiger partial charge in [-0.15, -0.1) is 11.3 Å². The van der Waals surface area contributed by atoms with E-state index < -0.39 is 0 Å². The topological polar surface area (TPSA) is 29.0 Å². The molecule has 3 heterocycles. The van der Waals surface area contributed by atoms with Gasteiger partial charge in [0.25, 0.3) is 0 Å². The number of benzene rings is 1. The smallest absolute Gasteiger partial charge is 0.0815 e. The molecule has 0 saturated carbocycles. The fraction of sp³-hybridized carbons (Fsp3) is 0.455. The fourth-order valence-corrected chi connectivity index (χ4v) is 4.99. The molecule has 0 bridgehead atoms. The summed E-state index contributed by atoms with van der Waals surface area (Å²) in [5.74, 6) is 0.732. The molecule has 4 heteroatoms. The minimum Gasteiger partial charge on any atom is -0.296 e. The van der Waals surface area contributed by atoms with Crippen LogP contribution in [-0.2, 0) is 6.42 Å². The minimum atomic E-state index is 0.449. The van der Waals surface area contributed by atoms with Crippen LogP contribution >= 0.6 is 11.3 Å². The lowest BCUT2D eigenvalue weighted by atomic mass is 9.89. The summed E-state index contributed by atoms with van der Waals surface area (Å²) in [5.41, 5.74) is 8.18. The molecule has 1 aliphatic rings. The molecule has 1 saturated heterocycles. The van der Waals surface area contributed by atoms with Gasteiger partial charge >= 0.3 is 0 Å². The zero-order chi connectivity index (χ0) is 18.1. The first-order chi connectivity index (χ1) is 12.6. The summed E-state index contributed by atoms with van der Waals surface area (Å²) < 4.78 is 1.28. The molecule has 0 N–H and O–H groups in total. The highest BCUT2D eigenvalue weighted by Gasteiger charge is 2.25. The third-order valence-electron chi connectivity index (χ3n) is 5.60. The number of hydrogen-bond donors (Lipinski definition) is 0. The number of hydrogen-bond acceptors (Lipinski definition) is 4. The van der Waals surface area contributed by atoms with E-state index in [9.17, 15) is 0 Å². The van der Waals surface area contributed by atoms with E-state index in [-0.39, 0.29) is 0 Å². The van der Waals surface area contributed by atoms with E-state index in [2.05, 4.69) is 66.0 Å². The maximum atomic E-state index is 4.52. The van der Waals surface area contributed by atoms with Gasteiger partial charge in [0.2, 0.25) is 0 Å². The van der Waals surface area contributed by atoms with Crippen molar-refractivity contribution in [3.05, 3.63) is 58.4 Å². The number of fused-ring (bicyclic) bond motifs is 1. The predicted octanol–water partition coefficient (Wildman–Crippen LogP) is 5.32. The van der Waals surface area contributed by atoms with Crippen molar-refractivity contribution in [2.45, 2.75) is 46.1 Å². The van der Waals surface area contributed by atoms with Gasteiger partial charge in [0, 0.05) is 24.0 Å². The van der Waals surface area contributed by atoms with Crippen molar-refractivity contribution in [1.29, 1.82) is 0 Å². The Labute approximate surface area is 160 Å². The maximum absolute atomic E-state index is 4.52. The average molecular weight is 366 g/mol. The molecule has 4 rings (SSSR count). The summed E-state index contributed by atoms with van der Waals surface area (Å²) in [4.78, 5) is 11.7. The first kappa shape index (κ1) is 17.6. The lowest BCUT2D eigenvalue weighted by Gasteiger charge is -2.37. The number of aryl methyl sites for hydroxylation is 2. The van der Waals surface area contributed by atoms with Gasteiger partial charge in [-0.1, -0.05) is 6.07 Å². The maximum Gasteiger partial charge on any atom is 0.0815 e. The normalized spacial score (nSPS) is 19.7. The van der Waals surface area contributed by atoms with Crippen LogP contribution in [0.15, 0.2) is 35.8 Å². The van der Waals surface area contributed by atoms with Crippen LogP contribution < -0.4 is 0 Å². The van der Waals surface area contributed by atoms with Crippen LogP contribution in [0.2, 0.25) is 0 Å². The molecular formula is C22H27N3S. The van der Waals surface area contributed by atoms with E-state index in [0.29, 0.717) is 6.04 Å².